The minimum absolute atomic E-state index is 0.223. The molecule has 1 aromatic heterocycles. The Balaban J connectivity index is 1.43. The molecule has 30 heavy (non-hydrogen) atoms. The first-order valence-electron chi connectivity index (χ1n) is 10.8. The van der Waals surface area contributed by atoms with Crippen LogP contribution < -0.4 is 4.74 Å². The second-order valence-corrected chi connectivity index (χ2v) is 12.1. The normalized spacial score (nSPS) is 28.8. The average molecular weight is 453 g/mol. The molecule has 0 amide bonds. The lowest BCUT2D eigenvalue weighted by atomic mass is 9.99. The highest BCUT2D eigenvalue weighted by Crippen LogP contribution is 2.39. The summed E-state index contributed by atoms with van der Waals surface area (Å²) in [7, 11) is -3.90. The summed E-state index contributed by atoms with van der Waals surface area (Å²) in [6, 6.07) is 2.57. The maximum atomic E-state index is 13.3. The molecule has 8 heteroatoms. The fourth-order valence-electron chi connectivity index (χ4n) is 4.46. The number of allylic oxidation sites excluding steroid dienone is 2. The molecular formula is C22H32N2O4S2. The predicted octanol–water partition coefficient (Wildman–Crippen LogP) is 3.14. The summed E-state index contributed by atoms with van der Waals surface area (Å²) in [5.74, 6) is -0.494. The van der Waals surface area contributed by atoms with Crippen LogP contribution in [0.25, 0.3) is 0 Å². The molecule has 1 fully saturated rings. The molecule has 166 valence electrons. The Hall–Kier alpha value is -1.19. The Morgan fingerprint density at radius 1 is 1.23 bits per heavy atom. The number of aliphatic hydroxyl groups is 1. The Morgan fingerprint density at radius 2 is 1.97 bits per heavy atom. The SMILES string of the molecule is CC(C)N1CCC(Oc2cc3c(s2)CCN(S(=O)(=O)C2(O)C=CC=CC2C)C3)CC1. The minimum atomic E-state index is -3.90. The van der Waals surface area contributed by atoms with Gasteiger partial charge in [0.05, 0.1) is 0 Å². The van der Waals surface area contributed by atoms with Gasteiger partial charge in [0.2, 0.25) is 15.0 Å². The van der Waals surface area contributed by atoms with Crippen LogP contribution >= 0.6 is 11.3 Å². The predicted molar refractivity (Wildman–Crippen MR) is 120 cm³/mol. The van der Waals surface area contributed by atoms with Gasteiger partial charge in [-0.2, -0.15) is 4.31 Å². The van der Waals surface area contributed by atoms with Crippen molar-refractivity contribution in [3.63, 3.8) is 0 Å². The first-order valence-corrected chi connectivity index (χ1v) is 13.1. The zero-order valence-electron chi connectivity index (χ0n) is 18.0. The molecule has 2 unspecified atom stereocenters. The van der Waals surface area contributed by atoms with Crippen LogP contribution in [0.2, 0.25) is 0 Å². The van der Waals surface area contributed by atoms with Crippen molar-refractivity contribution in [2.45, 2.75) is 63.7 Å². The molecule has 0 bridgehead atoms. The summed E-state index contributed by atoms with van der Waals surface area (Å²) >= 11 is 1.64. The van der Waals surface area contributed by atoms with Crippen LogP contribution in [-0.4, -0.2) is 59.4 Å². The molecule has 6 nitrogen and oxygen atoms in total. The largest absolute Gasteiger partial charge is 0.481 e. The highest BCUT2D eigenvalue weighted by atomic mass is 32.2. The average Bonchev–Trinajstić information content (AvgIpc) is 3.12. The van der Waals surface area contributed by atoms with Gasteiger partial charge in [-0.25, -0.2) is 8.42 Å². The first-order chi connectivity index (χ1) is 14.2. The van der Waals surface area contributed by atoms with Gasteiger partial charge in [-0.15, -0.1) is 11.3 Å². The number of thiophene rings is 1. The van der Waals surface area contributed by atoms with Crippen LogP contribution in [-0.2, 0) is 23.0 Å². The smallest absolute Gasteiger partial charge is 0.248 e. The Bertz CT molecular complexity index is 929. The van der Waals surface area contributed by atoms with E-state index in [0.29, 0.717) is 19.0 Å². The molecule has 1 saturated heterocycles. The summed E-state index contributed by atoms with van der Waals surface area (Å²) in [5, 5.41) is 11.8. The monoisotopic (exact) mass is 452 g/mol. The van der Waals surface area contributed by atoms with E-state index in [1.54, 1.807) is 36.5 Å². The number of ether oxygens (including phenoxy) is 1. The van der Waals surface area contributed by atoms with E-state index in [4.69, 9.17) is 4.74 Å². The minimum Gasteiger partial charge on any atom is -0.481 e. The summed E-state index contributed by atoms with van der Waals surface area (Å²) in [6.07, 6.45) is 9.42. The lowest BCUT2D eigenvalue weighted by Crippen LogP contribution is -2.52. The van der Waals surface area contributed by atoms with Crippen molar-refractivity contribution >= 4 is 21.4 Å². The lowest BCUT2D eigenvalue weighted by Gasteiger charge is -2.37. The van der Waals surface area contributed by atoms with Crippen molar-refractivity contribution in [3.05, 3.63) is 40.8 Å². The van der Waals surface area contributed by atoms with Gasteiger partial charge in [0.1, 0.15) is 6.10 Å². The number of nitrogens with zero attached hydrogens (tertiary/aromatic N) is 2. The second-order valence-electron chi connectivity index (χ2n) is 8.83. The van der Waals surface area contributed by atoms with Gasteiger partial charge in [0.25, 0.3) is 0 Å². The Labute approximate surface area is 183 Å². The molecule has 0 saturated carbocycles. The van der Waals surface area contributed by atoms with Crippen LogP contribution in [0.15, 0.2) is 30.4 Å². The third kappa shape index (κ3) is 4.00. The number of sulfonamides is 1. The van der Waals surface area contributed by atoms with Crippen molar-refractivity contribution in [1.82, 2.24) is 9.21 Å². The van der Waals surface area contributed by atoms with Crippen molar-refractivity contribution < 1.29 is 18.3 Å². The molecule has 2 atom stereocenters. The number of hydrogen-bond donors (Lipinski definition) is 1. The first kappa shape index (κ1) is 22.0. The van der Waals surface area contributed by atoms with Crippen LogP contribution in [0.4, 0.5) is 0 Å². The van der Waals surface area contributed by atoms with Crippen LogP contribution in [0.1, 0.15) is 44.1 Å². The molecule has 3 aliphatic rings. The number of likely N-dealkylation sites (tertiary alicyclic amines) is 1. The molecule has 0 aromatic carbocycles. The Kier molecular flexibility index (Phi) is 6.16. The van der Waals surface area contributed by atoms with E-state index in [2.05, 4.69) is 18.7 Å². The van der Waals surface area contributed by atoms with Crippen molar-refractivity contribution in [2.24, 2.45) is 5.92 Å². The second kappa shape index (κ2) is 8.39. The van der Waals surface area contributed by atoms with Gasteiger partial charge in [0, 0.05) is 43.0 Å². The van der Waals surface area contributed by atoms with E-state index < -0.39 is 20.9 Å². The molecular weight excluding hydrogens is 420 g/mol. The number of piperidine rings is 1. The topological polar surface area (TPSA) is 70.1 Å². The third-order valence-electron chi connectivity index (χ3n) is 6.55. The van der Waals surface area contributed by atoms with E-state index in [9.17, 15) is 13.5 Å². The van der Waals surface area contributed by atoms with Gasteiger partial charge in [-0.1, -0.05) is 25.2 Å². The highest BCUT2D eigenvalue weighted by Gasteiger charge is 2.48. The van der Waals surface area contributed by atoms with Crippen molar-refractivity contribution in [2.75, 3.05) is 19.6 Å². The standard InChI is InChI=1S/C22H32N2O4S2/c1-16(2)23-11-7-19(8-12-23)28-21-14-18-15-24(13-9-20(18)29-21)30(26,27)22(25)10-5-4-6-17(22)3/h4-6,10,14,16-17,19,25H,7-9,11-13,15H2,1-3H3. The number of fused-ring (bicyclic) bond motifs is 1. The van der Waals surface area contributed by atoms with Gasteiger partial charge >= 0.3 is 0 Å². The number of hydrogen-bond acceptors (Lipinski definition) is 6. The maximum Gasteiger partial charge on any atom is 0.248 e. The van der Waals surface area contributed by atoms with Gasteiger partial charge in [-0.05, 0) is 50.8 Å². The number of rotatable bonds is 5. The Morgan fingerprint density at radius 3 is 2.63 bits per heavy atom. The summed E-state index contributed by atoms with van der Waals surface area (Å²) in [4.78, 5) is 1.77. The maximum absolute atomic E-state index is 13.3. The summed E-state index contributed by atoms with van der Waals surface area (Å²) in [5.41, 5.74) is 0.996. The molecule has 3 heterocycles. The molecule has 1 aliphatic carbocycles. The molecule has 0 radical (unpaired) electrons. The lowest BCUT2D eigenvalue weighted by molar-refractivity contribution is 0.0867. The molecule has 2 aliphatic heterocycles. The van der Waals surface area contributed by atoms with Crippen LogP contribution in [0.5, 0.6) is 5.06 Å². The fraction of sp³-hybridized carbons (Fsp3) is 0.636. The van der Waals surface area contributed by atoms with Crippen molar-refractivity contribution in [1.29, 1.82) is 0 Å². The van der Waals surface area contributed by atoms with E-state index in [0.717, 1.165) is 36.6 Å². The highest BCUT2D eigenvalue weighted by molar-refractivity contribution is 7.90. The van der Waals surface area contributed by atoms with E-state index in [1.807, 2.05) is 6.07 Å². The third-order valence-corrected chi connectivity index (χ3v) is 10.0. The summed E-state index contributed by atoms with van der Waals surface area (Å²) in [6.45, 7) is 8.96. The van der Waals surface area contributed by atoms with E-state index in [1.165, 1.54) is 15.3 Å². The molecule has 4 rings (SSSR count). The van der Waals surface area contributed by atoms with Crippen LogP contribution in [0.3, 0.4) is 0 Å². The molecule has 1 aromatic rings. The molecule has 1 N–H and O–H groups in total. The van der Waals surface area contributed by atoms with E-state index >= 15 is 0 Å². The van der Waals surface area contributed by atoms with Crippen LogP contribution in [0, 0.1) is 5.92 Å². The zero-order chi connectivity index (χ0) is 21.5. The van der Waals surface area contributed by atoms with Crippen molar-refractivity contribution in [3.8, 4) is 5.06 Å². The quantitative estimate of drug-likeness (QED) is 0.743. The molecule has 0 spiro atoms. The van der Waals surface area contributed by atoms with E-state index in [-0.39, 0.29) is 12.6 Å². The fourth-order valence-corrected chi connectivity index (χ4v) is 7.39. The van der Waals surface area contributed by atoms with Gasteiger partial charge < -0.3 is 14.7 Å². The van der Waals surface area contributed by atoms with Gasteiger partial charge in [-0.3, -0.25) is 0 Å². The zero-order valence-corrected chi connectivity index (χ0v) is 19.6. The summed E-state index contributed by atoms with van der Waals surface area (Å²) < 4.78 is 34.2. The van der Waals surface area contributed by atoms with Gasteiger partial charge in [0.15, 0.2) is 5.06 Å².